The SMILES string of the molecule is CCNc1cc([C@@H]2CC(=O)N(CC)C2)nc2c(C(=O)Nc3ccc(Cl)cc3)cnn12. The molecule has 2 amide bonds. The van der Waals surface area contributed by atoms with Gasteiger partial charge in [0, 0.05) is 48.7 Å². The Morgan fingerprint density at radius 1 is 1.27 bits per heavy atom. The van der Waals surface area contributed by atoms with E-state index in [0.717, 1.165) is 11.5 Å². The summed E-state index contributed by atoms with van der Waals surface area (Å²) in [5.74, 6) is 0.549. The van der Waals surface area contributed by atoms with Gasteiger partial charge < -0.3 is 15.5 Å². The molecule has 0 radical (unpaired) electrons. The monoisotopic (exact) mass is 426 g/mol. The number of likely N-dealkylation sites (N-methyl/N-ethyl adjacent to an activating group) is 1. The third-order valence-electron chi connectivity index (χ3n) is 5.21. The molecule has 0 spiro atoms. The number of hydrogen-bond donors (Lipinski definition) is 2. The van der Waals surface area contributed by atoms with E-state index < -0.39 is 0 Å². The number of hydrogen-bond acceptors (Lipinski definition) is 5. The molecule has 2 aromatic heterocycles. The Morgan fingerprint density at radius 3 is 2.70 bits per heavy atom. The van der Waals surface area contributed by atoms with Crippen molar-refractivity contribution in [1.29, 1.82) is 0 Å². The molecule has 0 unspecified atom stereocenters. The van der Waals surface area contributed by atoms with Crippen molar-refractivity contribution in [2.24, 2.45) is 0 Å². The molecule has 1 aromatic carbocycles. The predicted molar refractivity (Wildman–Crippen MR) is 116 cm³/mol. The molecule has 0 saturated carbocycles. The minimum atomic E-state index is -0.308. The molecule has 0 aliphatic carbocycles. The van der Waals surface area contributed by atoms with Gasteiger partial charge in [0.1, 0.15) is 11.4 Å². The van der Waals surface area contributed by atoms with Gasteiger partial charge in [0.2, 0.25) is 5.91 Å². The first-order valence-corrected chi connectivity index (χ1v) is 10.3. The highest BCUT2D eigenvalue weighted by Crippen LogP contribution is 2.29. The standard InChI is InChI=1S/C21H23ClN6O2/c1-3-23-18-10-17(13-9-19(29)27(4-2)12-13)26-20-16(11-24-28(18)20)21(30)25-15-7-5-14(22)6-8-15/h5-8,10-11,13,23H,3-4,9,12H2,1-2H3,(H,25,30)/t13-/m1/s1. The molecule has 9 heteroatoms. The summed E-state index contributed by atoms with van der Waals surface area (Å²) in [7, 11) is 0. The first kappa shape index (κ1) is 20.2. The highest BCUT2D eigenvalue weighted by Gasteiger charge is 2.31. The van der Waals surface area contributed by atoms with Crippen LogP contribution in [0.4, 0.5) is 11.5 Å². The molecule has 2 N–H and O–H groups in total. The van der Waals surface area contributed by atoms with Gasteiger partial charge in [-0.05, 0) is 38.1 Å². The average Bonchev–Trinajstić information content (AvgIpc) is 3.33. The number of amides is 2. The Kier molecular flexibility index (Phi) is 5.59. The van der Waals surface area contributed by atoms with Gasteiger partial charge in [-0.3, -0.25) is 9.59 Å². The second kappa shape index (κ2) is 8.31. The lowest BCUT2D eigenvalue weighted by molar-refractivity contribution is -0.127. The molecule has 1 saturated heterocycles. The van der Waals surface area contributed by atoms with Crippen LogP contribution < -0.4 is 10.6 Å². The van der Waals surface area contributed by atoms with Crippen LogP contribution in [-0.4, -0.2) is 50.9 Å². The smallest absolute Gasteiger partial charge is 0.261 e. The zero-order valence-electron chi connectivity index (χ0n) is 16.9. The molecule has 3 heterocycles. The molecule has 156 valence electrons. The third kappa shape index (κ3) is 3.82. The van der Waals surface area contributed by atoms with Gasteiger partial charge in [-0.1, -0.05) is 11.6 Å². The maximum atomic E-state index is 12.9. The maximum absolute atomic E-state index is 12.9. The Labute approximate surface area is 179 Å². The number of fused-ring (bicyclic) bond motifs is 1. The van der Waals surface area contributed by atoms with Crippen LogP contribution in [0, 0.1) is 0 Å². The topological polar surface area (TPSA) is 91.6 Å². The van der Waals surface area contributed by atoms with Crippen LogP contribution in [0.25, 0.3) is 5.65 Å². The van der Waals surface area contributed by atoms with Gasteiger partial charge in [0.25, 0.3) is 5.91 Å². The molecule has 1 aliphatic heterocycles. The van der Waals surface area contributed by atoms with Crippen LogP contribution in [0.5, 0.6) is 0 Å². The van der Waals surface area contributed by atoms with Gasteiger partial charge in [0.15, 0.2) is 5.65 Å². The minimum Gasteiger partial charge on any atom is -0.370 e. The lowest BCUT2D eigenvalue weighted by Gasteiger charge is -2.15. The lowest BCUT2D eigenvalue weighted by atomic mass is 10.0. The van der Waals surface area contributed by atoms with Crippen molar-refractivity contribution in [2.45, 2.75) is 26.2 Å². The summed E-state index contributed by atoms with van der Waals surface area (Å²) in [4.78, 5) is 31.7. The molecule has 30 heavy (non-hydrogen) atoms. The molecule has 1 fully saturated rings. The molecular formula is C21H23ClN6O2. The van der Waals surface area contributed by atoms with E-state index in [2.05, 4.69) is 15.7 Å². The van der Waals surface area contributed by atoms with Gasteiger partial charge in [-0.15, -0.1) is 0 Å². The van der Waals surface area contributed by atoms with E-state index in [9.17, 15) is 9.59 Å². The summed E-state index contributed by atoms with van der Waals surface area (Å²) < 4.78 is 1.62. The second-order valence-corrected chi connectivity index (χ2v) is 7.62. The van der Waals surface area contributed by atoms with E-state index in [1.165, 1.54) is 6.20 Å². The zero-order valence-corrected chi connectivity index (χ0v) is 17.6. The molecule has 1 aliphatic rings. The number of benzene rings is 1. The molecule has 0 bridgehead atoms. The van der Waals surface area contributed by atoms with Crippen molar-refractivity contribution in [3.05, 3.63) is 52.8 Å². The van der Waals surface area contributed by atoms with Crippen molar-refractivity contribution in [1.82, 2.24) is 19.5 Å². The van der Waals surface area contributed by atoms with Gasteiger partial charge in [-0.25, -0.2) is 4.98 Å². The number of aromatic nitrogens is 3. The Bertz CT molecular complexity index is 1090. The van der Waals surface area contributed by atoms with Crippen molar-refractivity contribution in [3.8, 4) is 0 Å². The molecule has 8 nitrogen and oxygen atoms in total. The van der Waals surface area contributed by atoms with Crippen molar-refractivity contribution in [3.63, 3.8) is 0 Å². The molecular weight excluding hydrogens is 404 g/mol. The minimum absolute atomic E-state index is 0.0121. The molecule has 4 rings (SSSR count). The van der Waals surface area contributed by atoms with Crippen LogP contribution in [-0.2, 0) is 4.79 Å². The predicted octanol–water partition coefficient (Wildman–Crippen LogP) is 3.40. The Morgan fingerprint density at radius 2 is 2.03 bits per heavy atom. The summed E-state index contributed by atoms with van der Waals surface area (Å²) in [5.41, 5.74) is 2.23. The number of carbonyl (C=O) groups is 2. The maximum Gasteiger partial charge on any atom is 0.261 e. The second-order valence-electron chi connectivity index (χ2n) is 7.18. The van der Waals surface area contributed by atoms with E-state index >= 15 is 0 Å². The van der Waals surface area contributed by atoms with E-state index in [1.54, 1.807) is 28.8 Å². The Hall–Kier alpha value is -3.13. The number of halogens is 1. The lowest BCUT2D eigenvalue weighted by Crippen LogP contribution is -2.24. The first-order valence-electron chi connectivity index (χ1n) is 9.97. The summed E-state index contributed by atoms with van der Waals surface area (Å²) in [6.45, 7) is 5.96. The van der Waals surface area contributed by atoms with E-state index in [4.69, 9.17) is 16.6 Å². The number of anilines is 2. The number of rotatable bonds is 6. The Balaban J connectivity index is 1.70. The van der Waals surface area contributed by atoms with Crippen molar-refractivity contribution >= 4 is 40.6 Å². The fourth-order valence-electron chi connectivity index (χ4n) is 3.67. The van der Waals surface area contributed by atoms with Gasteiger partial charge in [0.05, 0.1) is 11.9 Å². The third-order valence-corrected chi connectivity index (χ3v) is 5.46. The number of nitrogens with one attached hydrogen (secondary N) is 2. The van der Waals surface area contributed by atoms with Crippen LogP contribution in [0.15, 0.2) is 36.5 Å². The van der Waals surface area contributed by atoms with Gasteiger partial charge in [-0.2, -0.15) is 9.61 Å². The number of carbonyl (C=O) groups excluding carboxylic acids is 2. The fourth-order valence-corrected chi connectivity index (χ4v) is 3.79. The normalized spacial score (nSPS) is 16.3. The first-order chi connectivity index (χ1) is 14.5. The summed E-state index contributed by atoms with van der Waals surface area (Å²) in [6, 6.07) is 8.81. The fraction of sp³-hybridized carbons (Fsp3) is 0.333. The van der Waals surface area contributed by atoms with Crippen LogP contribution >= 0.6 is 11.6 Å². The summed E-state index contributed by atoms with van der Waals surface area (Å²) in [5, 5.41) is 11.1. The van der Waals surface area contributed by atoms with E-state index in [1.807, 2.05) is 24.8 Å². The molecule has 1 atom stereocenters. The van der Waals surface area contributed by atoms with E-state index in [0.29, 0.717) is 48.0 Å². The largest absolute Gasteiger partial charge is 0.370 e. The average molecular weight is 427 g/mol. The van der Waals surface area contributed by atoms with Crippen molar-refractivity contribution < 1.29 is 9.59 Å². The van der Waals surface area contributed by atoms with Crippen LogP contribution in [0.2, 0.25) is 5.02 Å². The quantitative estimate of drug-likeness (QED) is 0.630. The molecule has 3 aromatic rings. The highest BCUT2D eigenvalue weighted by atomic mass is 35.5. The van der Waals surface area contributed by atoms with Gasteiger partial charge >= 0.3 is 0 Å². The summed E-state index contributed by atoms with van der Waals surface area (Å²) >= 11 is 5.91. The zero-order chi connectivity index (χ0) is 21.3. The van der Waals surface area contributed by atoms with E-state index in [-0.39, 0.29) is 17.7 Å². The summed E-state index contributed by atoms with van der Waals surface area (Å²) in [6.07, 6.45) is 1.93. The van der Waals surface area contributed by atoms with Crippen molar-refractivity contribution in [2.75, 3.05) is 30.3 Å². The van der Waals surface area contributed by atoms with Crippen LogP contribution in [0.1, 0.15) is 42.2 Å². The highest BCUT2D eigenvalue weighted by molar-refractivity contribution is 6.30. The number of likely N-dealkylation sites (tertiary alicyclic amines) is 1. The number of nitrogens with zero attached hydrogens (tertiary/aromatic N) is 4. The van der Waals surface area contributed by atoms with Crippen LogP contribution in [0.3, 0.4) is 0 Å².